The van der Waals surface area contributed by atoms with Crippen LogP contribution in [0.5, 0.6) is 0 Å². The fraction of sp³-hybridized carbons (Fsp3) is 0.0714. The number of hydrogen-bond acceptors (Lipinski definition) is 3. The molecule has 4 nitrogen and oxygen atoms in total. The van der Waals surface area contributed by atoms with Gasteiger partial charge in [-0.1, -0.05) is 0 Å². The molecule has 0 aromatic heterocycles. The van der Waals surface area contributed by atoms with E-state index < -0.39 is 17.6 Å². The monoisotopic (exact) mass is 295 g/mol. The van der Waals surface area contributed by atoms with Crippen molar-refractivity contribution in [2.45, 2.75) is 6.18 Å². The van der Waals surface area contributed by atoms with Crippen molar-refractivity contribution in [1.29, 1.82) is 0 Å². The summed E-state index contributed by atoms with van der Waals surface area (Å²) < 4.78 is 37.4. The minimum atomic E-state index is -4.39. The van der Waals surface area contributed by atoms with Gasteiger partial charge in [0.15, 0.2) is 0 Å². The molecule has 7 heteroatoms. The fourth-order valence-corrected chi connectivity index (χ4v) is 1.78. The Morgan fingerprint density at radius 3 is 2.19 bits per heavy atom. The zero-order chi connectivity index (χ0) is 15.6. The van der Waals surface area contributed by atoms with Crippen LogP contribution in [0.4, 0.5) is 30.2 Å². The molecule has 0 aliphatic rings. The molecule has 2 aromatic carbocycles. The van der Waals surface area contributed by atoms with Crippen molar-refractivity contribution < 1.29 is 18.0 Å². The van der Waals surface area contributed by atoms with Gasteiger partial charge < -0.3 is 16.8 Å². The molecule has 0 atom stereocenters. The van der Waals surface area contributed by atoms with Crippen LogP contribution in [-0.2, 0) is 6.18 Å². The van der Waals surface area contributed by atoms with Gasteiger partial charge in [-0.25, -0.2) is 0 Å². The topological polar surface area (TPSA) is 81.1 Å². The van der Waals surface area contributed by atoms with Crippen molar-refractivity contribution in [1.82, 2.24) is 0 Å². The van der Waals surface area contributed by atoms with Gasteiger partial charge >= 0.3 is 6.18 Å². The van der Waals surface area contributed by atoms with E-state index in [2.05, 4.69) is 5.32 Å². The van der Waals surface area contributed by atoms with E-state index in [1.54, 1.807) is 0 Å². The lowest BCUT2D eigenvalue weighted by Gasteiger charge is -2.12. The first-order valence-corrected chi connectivity index (χ1v) is 5.91. The Labute approximate surface area is 118 Å². The van der Waals surface area contributed by atoms with Crippen LogP contribution in [0.2, 0.25) is 0 Å². The number of carbonyl (C=O) groups is 1. The Balaban J connectivity index is 2.30. The maximum atomic E-state index is 12.5. The Hall–Kier alpha value is -2.70. The number of hydrogen-bond donors (Lipinski definition) is 3. The van der Waals surface area contributed by atoms with E-state index in [1.807, 2.05) is 0 Å². The largest absolute Gasteiger partial charge is 0.416 e. The van der Waals surface area contributed by atoms with Crippen LogP contribution in [0.15, 0.2) is 42.5 Å². The second kappa shape index (κ2) is 5.35. The summed E-state index contributed by atoms with van der Waals surface area (Å²) in [6.45, 7) is 0. The summed E-state index contributed by atoms with van der Waals surface area (Å²) in [5.41, 5.74) is 11.4. The molecule has 5 N–H and O–H groups in total. The van der Waals surface area contributed by atoms with Crippen molar-refractivity contribution in [2.24, 2.45) is 5.73 Å². The van der Waals surface area contributed by atoms with E-state index >= 15 is 0 Å². The molecule has 2 rings (SSSR count). The highest BCUT2D eigenvalue weighted by Crippen LogP contribution is 2.31. The average molecular weight is 295 g/mol. The molecule has 1 amide bonds. The number of nitrogens with one attached hydrogen (secondary N) is 1. The van der Waals surface area contributed by atoms with Crippen LogP contribution in [0.1, 0.15) is 15.9 Å². The summed E-state index contributed by atoms with van der Waals surface area (Å²) in [6, 6.07) is 8.85. The van der Waals surface area contributed by atoms with Gasteiger partial charge in [-0.3, -0.25) is 4.79 Å². The molecule has 110 valence electrons. The number of nitrogens with two attached hydrogens (primary N) is 2. The molecule has 0 radical (unpaired) electrons. The van der Waals surface area contributed by atoms with Crippen molar-refractivity contribution in [2.75, 3.05) is 11.1 Å². The van der Waals surface area contributed by atoms with E-state index in [-0.39, 0.29) is 5.56 Å². The summed E-state index contributed by atoms with van der Waals surface area (Å²) in [6.07, 6.45) is -4.39. The summed E-state index contributed by atoms with van der Waals surface area (Å²) in [4.78, 5) is 11.3. The molecule has 21 heavy (non-hydrogen) atoms. The third-order valence-electron chi connectivity index (χ3n) is 2.80. The SMILES string of the molecule is NC(=O)c1ccc(N)cc1Nc1ccc(C(F)(F)F)cc1. The standard InChI is InChI=1S/C14H12F3N3O/c15-14(16,17)8-1-4-10(5-2-8)20-12-7-9(18)3-6-11(12)13(19)21/h1-7,20H,18H2,(H2,19,21). The van der Waals surface area contributed by atoms with Crippen molar-refractivity contribution >= 4 is 23.0 Å². The highest BCUT2D eigenvalue weighted by Gasteiger charge is 2.29. The summed E-state index contributed by atoms with van der Waals surface area (Å²) >= 11 is 0. The molecular formula is C14H12F3N3O. The van der Waals surface area contributed by atoms with Gasteiger partial charge in [-0.15, -0.1) is 0 Å². The number of primary amides is 1. The molecule has 2 aromatic rings. The average Bonchev–Trinajstić information content (AvgIpc) is 2.38. The predicted octanol–water partition coefficient (Wildman–Crippen LogP) is 3.13. The molecule has 0 saturated heterocycles. The van der Waals surface area contributed by atoms with Crippen LogP contribution in [0.3, 0.4) is 0 Å². The Morgan fingerprint density at radius 1 is 1.05 bits per heavy atom. The molecule has 0 bridgehead atoms. The number of nitrogen functional groups attached to an aromatic ring is 1. The maximum absolute atomic E-state index is 12.5. The summed E-state index contributed by atoms with van der Waals surface area (Å²) in [5.74, 6) is -0.663. The lowest BCUT2D eigenvalue weighted by Crippen LogP contribution is -2.13. The lowest BCUT2D eigenvalue weighted by molar-refractivity contribution is -0.137. The fourth-order valence-electron chi connectivity index (χ4n) is 1.78. The number of amides is 1. The first-order chi connectivity index (χ1) is 9.77. The summed E-state index contributed by atoms with van der Waals surface area (Å²) in [7, 11) is 0. The minimum absolute atomic E-state index is 0.198. The molecule has 0 fully saturated rings. The van der Waals surface area contributed by atoms with E-state index in [0.29, 0.717) is 17.1 Å². The molecule has 0 aliphatic heterocycles. The highest BCUT2D eigenvalue weighted by atomic mass is 19.4. The lowest BCUT2D eigenvalue weighted by atomic mass is 10.1. The third-order valence-corrected chi connectivity index (χ3v) is 2.80. The normalized spacial score (nSPS) is 11.2. The zero-order valence-electron chi connectivity index (χ0n) is 10.7. The van der Waals surface area contributed by atoms with E-state index in [9.17, 15) is 18.0 Å². The van der Waals surface area contributed by atoms with E-state index in [4.69, 9.17) is 11.5 Å². The molecule has 0 spiro atoms. The van der Waals surface area contributed by atoms with Gasteiger partial charge in [0.2, 0.25) is 0 Å². The number of alkyl halides is 3. The number of rotatable bonds is 3. The van der Waals surface area contributed by atoms with Crippen LogP contribution in [0, 0.1) is 0 Å². The van der Waals surface area contributed by atoms with Gasteiger partial charge in [-0.2, -0.15) is 13.2 Å². The molecule has 0 heterocycles. The molecule has 0 saturated carbocycles. The third kappa shape index (κ3) is 3.44. The Kier molecular flexibility index (Phi) is 3.75. The maximum Gasteiger partial charge on any atom is 0.416 e. The van der Waals surface area contributed by atoms with Crippen LogP contribution in [-0.4, -0.2) is 5.91 Å². The Morgan fingerprint density at radius 2 is 1.67 bits per heavy atom. The first-order valence-electron chi connectivity index (χ1n) is 5.91. The highest BCUT2D eigenvalue weighted by molar-refractivity contribution is 5.99. The Bertz CT molecular complexity index is 666. The molecule has 0 aliphatic carbocycles. The van der Waals surface area contributed by atoms with Gasteiger partial charge in [0.25, 0.3) is 5.91 Å². The number of carbonyl (C=O) groups excluding carboxylic acids is 1. The van der Waals surface area contributed by atoms with Crippen LogP contribution < -0.4 is 16.8 Å². The number of halogens is 3. The van der Waals surface area contributed by atoms with Crippen LogP contribution >= 0.6 is 0 Å². The quantitative estimate of drug-likeness (QED) is 0.761. The summed E-state index contributed by atoms with van der Waals surface area (Å²) in [5, 5.41) is 2.83. The predicted molar refractivity (Wildman–Crippen MR) is 74.1 cm³/mol. The van der Waals surface area contributed by atoms with E-state index in [0.717, 1.165) is 12.1 Å². The van der Waals surface area contributed by atoms with Gasteiger partial charge in [0.05, 0.1) is 16.8 Å². The smallest absolute Gasteiger partial charge is 0.399 e. The number of anilines is 3. The minimum Gasteiger partial charge on any atom is -0.399 e. The van der Waals surface area contributed by atoms with Gasteiger partial charge in [0, 0.05) is 11.4 Å². The van der Waals surface area contributed by atoms with Crippen molar-refractivity contribution in [3.05, 3.63) is 53.6 Å². The van der Waals surface area contributed by atoms with Crippen molar-refractivity contribution in [3.8, 4) is 0 Å². The molecule has 0 unspecified atom stereocenters. The zero-order valence-corrected chi connectivity index (χ0v) is 10.7. The first kappa shape index (κ1) is 14.7. The second-order valence-corrected chi connectivity index (χ2v) is 4.37. The van der Waals surface area contributed by atoms with Crippen molar-refractivity contribution in [3.63, 3.8) is 0 Å². The van der Waals surface area contributed by atoms with Crippen LogP contribution in [0.25, 0.3) is 0 Å². The number of benzene rings is 2. The van der Waals surface area contributed by atoms with Gasteiger partial charge in [-0.05, 0) is 42.5 Å². The van der Waals surface area contributed by atoms with Gasteiger partial charge in [0.1, 0.15) is 0 Å². The van der Waals surface area contributed by atoms with E-state index in [1.165, 1.54) is 30.3 Å². The second-order valence-electron chi connectivity index (χ2n) is 4.37. The molecular weight excluding hydrogens is 283 g/mol.